The summed E-state index contributed by atoms with van der Waals surface area (Å²) in [7, 11) is 1.45. The largest absolute Gasteiger partial charge is 0.491 e. The van der Waals surface area contributed by atoms with E-state index in [1.165, 1.54) is 7.05 Å². The van der Waals surface area contributed by atoms with Crippen LogP contribution in [-0.2, 0) is 9.53 Å². The third kappa shape index (κ3) is 5.45. The van der Waals surface area contributed by atoms with Crippen LogP contribution in [0.25, 0.3) is 0 Å². The van der Waals surface area contributed by atoms with Crippen LogP contribution in [-0.4, -0.2) is 44.3 Å². The molecule has 0 spiro atoms. The van der Waals surface area contributed by atoms with Gasteiger partial charge in [-0.25, -0.2) is 4.79 Å². The van der Waals surface area contributed by atoms with Crippen molar-refractivity contribution in [3.05, 3.63) is 24.3 Å². The standard InChI is InChI=1S/C16H23N3O4/c1-11(15(20)19-16(21)17-2)18-12-5-3-6-13(9-12)23-10-14-7-4-8-22-14/h3,5-6,9,11,14,18H,4,7-8,10H2,1-2H3,(H2,17,19,20,21). The molecule has 1 aromatic rings. The van der Waals surface area contributed by atoms with Crippen molar-refractivity contribution in [1.29, 1.82) is 0 Å². The van der Waals surface area contributed by atoms with Gasteiger partial charge in [0.2, 0.25) is 5.91 Å². The summed E-state index contributed by atoms with van der Waals surface area (Å²) in [5.41, 5.74) is 0.745. The van der Waals surface area contributed by atoms with Crippen molar-refractivity contribution in [2.45, 2.75) is 31.9 Å². The van der Waals surface area contributed by atoms with Crippen molar-refractivity contribution in [1.82, 2.24) is 10.6 Å². The van der Waals surface area contributed by atoms with E-state index in [-0.39, 0.29) is 6.10 Å². The van der Waals surface area contributed by atoms with Crippen molar-refractivity contribution in [2.75, 3.05) is 25.6 Å². The molecular weight excluding hydrogens is 298 g/mol. The van der Waals surface area contributed by atoms with Gasteiger partial charge in [-0.05, 0) is 31.9 Å². The third-order valence-electron chi connectivity index (χ3n) is 3.53. The van der Waals surface area contributed by atoms with E-state index in [9.17, 15) is 9.59 Å². The quantitative estimate of drug-likeness (QED) is 0.739. The molecule has 1 fully saturated rings. The number of nitrogens with one attached hydrogen (secondary N) is 3. The minimum absolute atomic E-state index is 0.156. The van der Waals surface area contributed by atoms with Crippen LogP contribution in [0.1, 0.15) is 19.8 Å². The molecule has 3 amide bonds. The molecule has 0 saturated carbocycles. The summed E-state index contributed by atoms with van der Waals surface area (Å²) < 4.78 is 11.2. The van der Waals surface area contributed by atoms with E-state index in [1.54, 1.807) is 6.92 Å². The third-order valence-corrected chi connectivity index (χ3v) is 3.53. The molecule has 0 radical (unpaired) electrons. The van der Waals surface area contributed by atoms with Crippen molar-refractivity contribution in [2.24, 2.45) is 0 Å². The molecule has 7 nitrogen and oxygen atoms in total. The predicted molar refractivity (Wildman–Crippen MR) is 86.6 cm³/mol. The first-order valence-corrected chi connectivity index (χ1v) is 7.72. The molecule has 3 N–H and O–H groups in total. The van der Waals surface area contributed by atoms with Crippen LogP contribution in [0.4, 0.5) is 10.5 Å². The summed E-state index contributed by atoms with van der Waals surface area (Å²) in [6.45, 7) is 3.00. The van der Waals surface area contributed by atoms with Gasteiger partial charge < -0.3 is 20.1 Å². The van der Waals surface area contributed by atoms with Gasteiger partial charge in [0.05, 0.1) is 6.10 Å². The number of rotatable bonds is 6. The Morgan fingerprint density at radius 3 is 2.96 bits per heavy atom. The summed E-state index contributed by atoms with van der Waals surface area (Å²) >= 11 is 0. The van der Waals surface area contributed by atoms with Gasteiger partial charge in [-0.3, -0.25) is 10.1 Å². The molecule has 1 saturated heterocycles. The fraction of sp³-hybridized carbons (Fsp3) is 0.500. The zero-order chi connectivity index (χ0) is 16.7. The lowest BCUT2D eigenvalue weighted by atomic mass is 10.2. The lowest BCUT2D eigenvalue weighted by Gasteiger charge is -2.16. The van der Waals surface area contributed by atoms with Gasteiger partial charge in [0.15, 0.2) is 0 Å². The monoisotopic (exact) mass is 321 g/mol. The minimum atomic E-state index is -0.555. The average Bonchev–Trinajstić information content (AvgIpc) is 3.06. The van der Waals surface area contributed by atoms with Crippen LogP contribution in [0.5, 0.6) is 5.75 Å². The van der Waals surface area contributed by atoms with E-state index in [0.717, 1.165) is 25.1 Å². The first-order chi connectivity index (χ1) is 11.1. The molecule has 0 aliphatic carbocycles. The summed E-state index contributed by atoms with van der Waals surface area (Å²) in [5.74, 6) is 0.305. The molecule has 1 aliphatic heterocycles. The van der Waals surface area contributed by atoms with Gasteiger partial charge in [0.25, 0.3) is 0 Å². The summed E-state index contributed by atoms with van der Waals surface area (Å²) in [6.07, 6.45) is 2.26. The topological polar surface area (TPSA) is 88.7 Å². The number of carbonyl (C=O) groups is 2. The number of hydrogen-bond donors (Lipinski definition) is 3. The first-order valence-electron chi connectivity index (χ1n) is 7.72. The maximum atomic E-state index is 11.8. The van der Waals surface area contributed by atoms with Crippen LogP contribution in [0, 0.1) is 0 Å². The van der Waals surface area contributed by atoms with E-state index in [0.29, 0.717) is 12.4 Å². The number of benzene rings is 1. The van der Waals surface area contributed by atoms with Crippen molar-refractivity contribution in [3.63, 3.8) is 0 Å². The summed E-state index contributed by atoms with van der Waals surface area (Å²) in [5, 5.41) is 7.60. The van der Waals surface area contributed by atoms with E-state index >= 15 is 0 Å². The number of ether oxygens (including phenoxy) is 2. The van der Waals surface area contributed by atoms with Crippen molar-refractivity contribution >= 4 is 17.6 Å². The lowest BCUT2D eigenvalue weighted by Crippen LogP contribution is -2.44. The molecule has 0 aromatic heterocycles. The van der Waals surface area contributed by atoms with Crippen LogP contribution >= 0.6 is 0 Å². The highest BCUT2D eigenvalue weighted by molar-refractivity contribution is 5.97. The number of urea groups is 1. The van der Waals surface area contributed by atoms with Crippen LogP contribution < -0.4 is 20.7 Å². The molecule has 2 unspecified atom stereocenters. The first kappa shape index (κ1) is 17.1. The average molecular weight is 321 g/mol. The second kappa shape index (κ2) is 8.38. The SMILES string of the molecule is CNC(=O)NC(=O)C(C)Nc1cccc(OCC2CCCO2)c1. The molecule has 7 heteroatoms. The van der Waals surface area contributed by atoms with Gasteiger partial charge >= 0.3 is 6.03 Å². The Kier molecular flexibility index (Phi) is 6.22. The summed E-state index contributed by atoms with van der Waals surface area (Å²) in [6, 6.07) is 6.27. The lowest BCUT2D eigenvalue weighted by molar-refractivity contribution is -0.120. The van der Waals surface area contributed by atoms with Crippen LogP contribution in [0.2, 0.25) is 0 Å². The fourth-order valence-electron chi connectivity index (χ4n) is 2.24. The van der Waals surface area contributed by atoms with Gasteiger partial charge in [-0.15, -0.1) is 0 Å². The Morgan fingerprint density at radius 1 is 1.43 bits per heavy atom. The second-order valence-corrected chi connectivity index (χ2v) is 5.41. The van der Waals surface area contributed by atoms with Crippen LogP contribution in [0.3, 0.4) is 0 Å². The van der Waals surface area contributed by atoms with Gasteiger partial charge in [-0.2, -0.15) is 0 Å². The maximum Gasteiger partial charge on any atom is 0.321 e. The molecule has 1 aliphatic rings. The number of imide groups is 1. The smallest absolute Gasteiger partial charge is 0.321 e. The van der Waals surface area contributed by atoms with E-state index in [2.05, 4.69) is 16.0 Å². The maximum absolute atomic E-state index is 11.8. The molecule has 2 atom stereocenters. The van der Waals surface area contributed by atoms with Gasteiger partial charge in [0, 0.05) is 25.4 Å². The normalized spacial score (nSPS) is 18.1. The Balaban J connectivity index is 1.85. The second-order valence-electron chi connectivity index (χ2n) is 5.41. The highest BCUT2D eigenvalue weighted by atomic mass is 16.5. The number of anilines is 1. The van der Waals surface area contributed by atoms with Gasteiger partial charge in [-0.1, -0.05) is 6.07 Å². The minimum Gasteiger partial charge on any atom is -0.491 e. The Bertz CT molecular complexity index is 544. The number of hydrogen-bond acceptors (Lipinski definition) is 5. The molecule has 1 heterocycles. The molecule has 0 bridgehead atoms. The molecular formula is C16H23N3O4. The molecule has 126 valence electrons. The van der Waals surface area contributed by atoms with Gasteiger partial charge in [0.1, 0.15) is 18.4 Å². The highest BCUT2D eigenvalue weighted by Gasteiger charge is 2.17. The Labute approximate surface area is 135 Å². The number of amides is 3. The zero-order valence-corrected chi connectivity index (χ0v) is 13.4. The Morgan fingerprint density at radius 2 is 2.26 bits per heavy atom. The highest BCUT2D eigenvalue weighted by Crippen LogP contribution is 2.20. The Hall–Kier alpha value is -2.28. The van der Waals surface area contributed by atoms with Crippen LogP contribution in [0.15, 0.2) is 24.3 Å². The predicted octanol–water partition coefficient (Wildman–Crippen LogP) is 1.50. The molecule has 2 rings (SSSR count). The zero-order valence-electron chi connectivity index (χ0n) is 13.4. The van der Waals surface area contributed by atoms with Crippen molar-refractivity contribution in [3.8, 4) is 5.75 Å². The summed E-state index contributed by atoms with van der Waals surface area (Å²) in [4.78, 5) is 23.0. The fourth-order valence-corrected chi connectivity index (χ4v) is 2.24. The van der Waals surface area contributed by atoms with E-state index in [4.69, 9.17) is 9.47 Å². The van der Waals surface area contributed by atoms with E-state index < -0.39 is 18.0 Å². The molecule has 1 aromatic carbocycles. The number of carbonyl (C=O) groups excluding carboxylic acids is 2. The van der Waals surface area contributed by atoms with E-state index in [1.807, 2.05) is 24.3 Å². The van der Waals surface area contributed by atoms with Crippen molar-refractivity contribution < 1.29 is 19.1 Å². The molecule has 23 heavy (non-hydrogen) atoms.